The standard InChI is InChI=1S/C11H14F4N2O2S/c12-9-4-3-8(7-10(9)16)20(18,19)17-6-2-1-5-11(13,14)15/h3-4,7,17H,1-2,5-6,16H2. The van der Waals surface area contributed by atoms with Crippen molar-refractivity contribution in [3.63, 3.8) is 0 Å². The minimum absolute atomic E-state index is 0.0510. The van der Waals surface area contributed by atoms with Crippen molar-refractivity contribution in [1.82, 2.24) is 4.72 Å². The zero-order valence-electron chi connectivity index (χ0n) is 10.4. The number of hydrogen-bond acceptors (Lipinski definition) is 3. The van der Waals surface area contributed by atoms with Gasteiger partial charge >= 0.3 is 6.18 Å². The summed E-state index contributed by atoms with van der Waals surface area (Å²) in [6.45, 7) is -0.129. The van der Waals surface area contributed by atoms with Gasteiger partial charge in [-0.3, -0.25) is 0 Å². The highest BCUT2D eigenvalue weighted by Crippen LogP contribution is 2.22. The van der Waals surface area contributed by atoms with Crippen molar-refractivity contribution in [3.05, 3.63) is 24.0 Å². The van der Waals surface area contributed by atoms with E-state index in [1.807, 2.05) is 0 Å². The maximum atomic E-state index is 12.9. The molecule has 9 heteroatoms. The summed E-state index contributed by atoms with van der Waals surface area (Å²) in [5, 5.41) is 0. The van der Waals surface area contributed by atoms with E-state index < -0.39 is 28.4 Å². The Morgan fingerprint density at radius 3 is 2.40 bits per heavy atom. The number of hydrogen-bond donors (Lipinski definition) is 2. The van der Waals surface area contributed by atoms with Gasteiger partial charge in [-0.2, -0.15) is 13.2 Å². The molecule has 0 heterocycles. The van der Waals surface area contributed by atoms with Gasteiger partial charge in [0.25, 0.3) is 0 Å². The van der Waals surface area contributed by atoms with E-state index in [2.05, 4.69) is 4.72 Å². The molecule has 0 aliphatic carbocycles. The van der Waals surface area contributed by atoms with Crippen molar-refractivity contribution in [2.45, 2.75) is 30.3 Å². The van der Waals surface area contributed by atoms with Gasteiger partial charge in [0.1, 0.15) is 5.82 Å². The van der Waals surface area contributed by atoms with Crippen molar-refractivity contribution >= 4 is 15.7 Å². The lowest BCUT2D eigenvalue weighted by Gasteiger charge is -2.08. The lowest BCUT2D eigenvalue weighted by molar-refractivity contribution is -0.135. The Labute approximate surface area is 114 Å². The smallest absolute Gasteiger partial charge is 0.389 e. The predicted octanol–water partition coefficient (Wildman–Crippen LogP) is 2.42. The first-order valence-electron chi connectivity index (χ1n) is 5.73. The highest BCUT2D eigenvalue weighted by molar-refractivity contribution is 7.89. The maximum absolute atomic E-state index is 12.9. The van der Waals surface area contributed by atoms with Crippen LogP contribution in [0.25, 0.3) is 0 Å². The fourth-order valence-corrected chi connectivity index (χ4v) is 2.54. The molecule has 3 N–H and O–H groups in total. The molecule has 0 saturated heterocycles. The van der Waals surface area contributed by atoms with E-state index >= 15 is 0 Å². The van der Waals surface area contributed by atoms with Crippen molar-refractivity contribution in [2.24, 2.45) is 0 Å². The molecule has 0 aromatic heterocycles. The molecule has 114 valence electrons. The molecule has 0 atom stereocenters. The van der Waals surface area contributed by atoms with Crippen LogP contribution in [0.5, 0.6) is 0 Å². The summed E-state index contributed by atoms with van der Waals surface area (Å²) in [5.41, 5.74) is 4.93. The molecule has 0 spiro atoms. The Kier molecular flexibility index (Phi) is 5.35. The SMILES string of the molecule is Nc1cc(S(=O)(=O)NCCCCC(F)(F)F)ccc1F. The summed E-state index contributed by atoms with van der Waals surface area (Å²) >= 11 is 0. The van der Waals surface area contributed by atoms with Crippen molar-refractivity contribution in [1.29, 1.82) is 0 Å². The Bertz CT molecular complexity index is 558. The monoisotopic (exact) mass is 314 g/mol. The molecule has 0 radical (unpaired) electrons. The van der Waals surface area contributed by atoms with Gasteiger partial charge in [0.05, 0.1) is 10.6 Å². The molecule has 1 aromatic carbocycles. The van der Waals surface area contributed by atoms with Crippen LogP contribution in [0, 0.1) is 5.82 Å². The van der Waals surface area contributed by atoms with Gasteiger partial charge in [-0.05, 0) is 31.0 Å². The Morgan fingerprint density at radius 2 is 1.85 bits per heavy atom. The van der Waals surface area contributed by atoms with Gasteiger partial charge in [0.2, 0.25) is 10.0 Å². The minimum atomic E-state index is -4.25. The van der Waals surface area contributed by atoms with Crippen LogP contribution < -0.4 is 10.5 Å². The van der Waals surface area contributed by atoms with Crippen LogP contribution in [-0.4, -0.2) is 21.1 Å². The molecule has 1 rings (SSSR count). The molecule has 0 unspecified atom stereocenters. The highest BCUT2D eigenvalue weighted by atomic mass is 32.2. The van der Waals surface area contributed by atoms with Crippen LogP contribution in [0.4, 0.5) is 23.2 Å². The molecular formula is C11H14F4N2O2S. The second-order valence-electron chi connectivity index (χ2n) is 4.15. The Morgan fingerprint density at radius 1 is 1.20 bits per heavy atom. The van der Waals surface area contributed by atoms with Crippen molar-refractivity contribution < 1.29 is 26.0 Å². The topological polar surface area (TPSA) is 72.2 Å². The minimum Gasteiger partial charge on any atom is -0.396 e. The third-order valence-corrected chi connectivity index (χ3v) is 3.92. The predicted molar refractivity (Wildman–Crippen MR) is 65.9 cm³/mol. The van der Waals surface area contributed by atoms with E-state index in [0.717, 1.165) is 18.2 Å². The molecule has 20 heavy (non-hydrogen) atoms. The Balaban J connectivity index is 2.52. The first-order valence-corrected chi connectivity index (χ1v) is 7.21. The third-order valence-electron chi connectivity index (χ3n) is 2.46. The van der Waals surface area contributed by atoms with Crippen LogP contribution in [0.1, 0.15) is 19.3 Å². The van der Waals surface area contributed by atoms with E-state index in [0.29, 0.717) is 0 Å². The molecule has 1 aromatic rings. The third kappa shape index (κ3) is 5.33. The molecule has 0 bridgehead atoms. The number of nitrogen functional groups attached to an aromatic ring is 1. The van der Waals surface area contributed by atoms with Crippen LogP contribution in [0.3, 0.4) is 0 Å². The quantitative estimate of drug-likeness (QED) is 0.481. The van der Waals surface area contributed by atoms with Gasteiger partial charge in [0.15, 0.2) is 0 Å². The number of unbranched alkanes of at least 4 members (excludes halogenated alkanes) is 1. The molecule has 0 aliphatic rings. The normalized spacial score (nSPS) is 12.6. The summed E-state index contributed by atoms with van der Waals surface area (Å²) < 4.78 is 74.2. The second-order valence-corrected chi connectivity index (χ2v) is 5.92. The maximum Gasteiger partial charge on any atom is 0.389 e. The van der Waals surface area contributed by atoms with Crippen LogP contribution in [0.2, 0.25) is 0 Å². The van der Waals surface area contributed by atoms with Gasteiger partial charge < -0.3 is 5.73 Å². The Hall–Kier alpha value is -1.35. The molecule has 0 fully saturated rings. The average Bonchev–Trinajstić information content (AvgIpc) is 2.30. The average molecular weight is 314 g/mol. The highest BCUT2D eigenvalue weighted by Gasteiger charge is 2.26. The number of anilines is 1. The summed E-state index contributed by atoms with van der Waals surface area (Å²) in [6.07, 6.45) is -5.32. The number of nitrogens with one attached hydrogen (secondary N) is 1. The molecule has 0 amide bonds. The lowest BCUT2D eigenvalue weighted by Crippen LogP contribution is -2.25. The van der Waals surface area contributed by atoms with E-state index in [4.69, 9.17) is 5.73 Å². The van der Waals surface area contributed by atoms with E-state index in [-0.39, 0.29) is 30.0 Å². The fourth-order valence-electron chi connectivity index (χ4n) is 1.43. The summed E-state index contributed by atoms with van der Waals surface area (Å²) in [5.74, 6) is -0.742. The van der Waals surface area contributed by atoms with Crippen LogP contribution in [0.15, 0.2) is 23.1 Å². The van der Waals surface area contributed by atoms with Crippen molar-refractivity contribution in [2.75, 3.05) is 12.3 Å². The van der Waals surface area contributed by atoms with Crippen LogP contribution >= 0.6 is 0 Å². The number of rotatable bonds is 6. The van der Waals surface area contributed by atoms with Crippen LogP contribution in [-0.2, 0) is 10.0 Å². The van der Waals surface area contributed by atoms with Crippen molar-refractivity contribution in [3.8, 4) is 0 Å². The van der Waals surface area contributed by atoms with Gasteiger partial charge in [-0.25, -0.2) is 17.5 Å². The first kappa shape index (κ1) is 16.7. The molecule has 0 saturated carbocycles. The second kappa shape index (κ2) is 6.40. The van der Waals surface area contributed by atoms with Gasteiger partial charge in [0, 0.05) is 13.0 Å². The number of halogens is 4. The number of nitrogens with two attached hydrogens (primary N) is 1. The summed E-state index contributed by atoms with van der Waals surface area (Å²) in [4.78, 5) is -0.229. The fraction of sp³-hybridized carbons (Fsp3) is 0.455. The lowest BCUT2D eigenvalue weighted by atomic mass is 10.2. The molecule has 4 nitrogen and oxygen atoms in total. The number of sulfonamides is 1. The first-order chi connectivity index (χ1) is 9.12. The number of benzene rings is 1. The molecule has 0 aliphatic heterocycles. The zero-order chi connectivity index (χ0) is 15.4. The van der Waals surface area contributed by atoms with Gasteiger partial charge in [-0.15, -0.1) is 0 Å². The molecular weight excluding hydrogens is 300 g/mol. The van der Waals surface area contributed by atoms with E-state index in [9.17, 15) is 26.0 Å². The largest absolute Gasteiger partial charge is 0.396 e. The zero-order valence-corrected chi connectivity index (χ0v) is 11.2. The number of alkyl halides is 3. The van der Waals surface area contributed by atoms with E-state index in [1.54, 1.807) is 0 Å². The van der Waals surface area contributed by atoms with Gasteiger partial charge in [-0.1, -0.05) is 0 Å². The summed E-state index contributed by atoms with van der Waals surface area (Å²) in [7, 11) is -3.89. The summed E-state index contributed by atoms with van der Waals surface area (Å²) in [6, 6.07) is 2.89. The van der Waals surface area contributed by atoms with E-state index in [1.165, 1.54) is 0 Å².